The van der Waals surface area contributed by atoms with Gasteiger partial charge in [-0.1, -0.05) is 11.6 Å². The molecule has 0 aliphatic heterocycles. The lowest BCUT2D eigenvalue weighted by Crippen LogP contribution is -2.34. The molecule has 8 heteroatoms. The van der Waals surface area contributed by atoms with Gasteiger partial charge in [-0.05, 0) is 26.0 Å². The third-order valence-corrected chi connectivity index (χ3v) is 5.22. The number of rotatable bonds is 3. The predicted octanol–water partition coefficient (Wildman–Crippen LogP) is 2.72. The molecule has 0 amide bonds. The van der Waals surface area contributed by atoms with E-state index in [2.05, 4.69) is 4.98 Å². The molecule has 0 aliphatic rings. The highest BCUT2D eigenvalue weighted by Crippen LogP contribution is 2.29. The van der Waals surface area contributed by atoms with Gasteiger partial charge in [0.05, 0.1) is 22.1 Å². The van der Waals surface area contributed by atoms with Gasteiger partial charge >= 0.3 is 11.7 Å². The molecule has 0 aliphatic carbocycles. The standard InChI is InChI=1S/C18H15N3O4S/c1-3-20-13-5-4-9(2)6-10(13)14(15(20)17(23)24)21-16(22)11-7-26-8-12(11)19-18(21)25/h4-8H,3H2,1-2H3,(H,19,25)(H,23,24). The van der Waals surface area contributed by atoms with E-state index in [0.29, 0.717) is 28.4 Å². The summed E-state index contributed by atoms with van der Waals surface area (Å²) in [4.78, 5) is 40.3. The third-order valence-electron chi connectivity index (χ3n) is 4.47. The first-order valence-electron chi connectivity index (χ1n) is 8.01. The Labute approximate surface area is 150 Å². The normalized spacial score (nSPS) is 11.5. The molecule has 0 saturated carbocycles. The van der Waals surface area contributed by atoms with E-state index in [-0.39, 0.29) is 11.4 Å². The molecular formula is C18H15N3O4S. The quantitative estimate of drug-likeness (QED) is 0.580. The molecule has 0 spiro atoms. The van der Waals surface area contributed by atoms with Gasteiger partial charge in [0.2, 0.25) is 0 Å². The van der Waals surface area contributed by atoms with Crippen LogP contribution in [0.25, 0.3) is 27.5 Å². The van der Waals surface area contributed by atoms with Crippen LogP contribution in [0.3, 0.4) is 0 Å². The molecule has 0 fully saturated rings. The van der Waals surface area contributed by atoms with Crippen LogP contribution in [0.5, 0.6) is 0 Å². The third kappa shape index (κ3) is 2.15. The Morgan fingerprint density at radius 3 is 2.69 bits per heavy atom. The molecule has 0 radical (unpaired) electrons. The minimum atomic E-state index is -1.19. The topological polar surface area (TPSA) is 97.1 Å². The fraction of sp³-hybridized carbons (Fsp3) is 0.167. The summed E-state index contributed by atoms with van der Waals surface area (Å²) in [6.45, 7) is 4.10. The van der Waals surface area contributed by atoms with Crippen molar-refractivity contribution < 1.29 is 9.90 Å². The fourth-order valence-corrected chi connectivity index (χ4v) is 4.12. The zero-order chi connectivity index (χ0) is 18.6. The second kappa shape index (κ2) is 5.70. The molecule has 3 heterocycles. The number of aryl methyl sites for hydroxylation is 2. The molecule has 3 aromatic heterocycles. The molecule has 0 atom stereocenters. The van der Waals surface area contributed by atoms with Gasteiger partial charge in [-0.25, -0.2) is 14.2 Å². The minimum Gasteiger partial charge on any atom is -0.477 e. The Morgan fingerprint density at radius 2 is 2.00 bits per heavy atom. The van der Waals surface area contributed by atoms with Crippen LogP contribution in [-0.2, 0) is 6.54 Å². The van der Waals surface area contributed by atoms with Crippen molar-refractivity contribution in [2.75, 3.05) is 0 Å². The van der Waals surface area contributed by atoms with Gasteiger partial charge in [-0.3, -0.25) is 4.79 Å². The van der Waals surface area contributed by atoms with Crippen LogP contribution in [0.2, 0.25) is 0 Å². The Bertz CT molecular complexity index is 1310. The number of nitrogens with one attached hydrogen (secondary N) is 1. The monoisotopic (exact) mass is 369 g/mol. The first-order chi connectivity index (χ1) is 12.4. The van der Waals surface area contributed by atoms with Gasteiger partial charge in [-0.2, -0.15) is 0 Å². The second-order valence-corrected chi connectivity index (χ2v) is 6.78. The van der Waals surface area contributed by atoms with Gasteiger partial charge in [0.15, 0.2) is 5.69 Å². The van der Waals surface area contributed by atoms with E-state index in [0.717, 1.165) is 10.1 Å². The molecule has 2 N–H and O–H groups in total. The molecular weight excluding hydrogens is 354 g/mol. The maximum absolute atomic E-state index is 13.0. The smallest absolute Gasteiger partial charge is 0.354 e. The molecule has 0 saturated heterocycles. The first kappa shape index (κ1) is 16.3. The number of H-pyrrole nitrogens is 1. The van der Waals surface area contributed by atoms with Crippen LogP contribution >= 0.6 is 11.3 Å². The largest absolute Gasteiger partial charge is 0.477 e. The highest BCUT2D eigenvalue weighted by atomic mass is 32.1. The van der Waals surface area contributed by atoms with Crippen molar-refractivity contribution in [2.45, 2.75) is 20.4 Å². The van der Waals surface area contributed by atoms with Gasteiger partial charge < -0.3 is 14.7 Å². The summed E-state index contributed by atoms with van der Waals surface area (Å²) in [5.41, 5.74) is 0.887. The number of carbonyl (C=O) groups is 1. The molecule has 4 rings (SSSR count). The Hall–Kier alpha value is -3.13. The van der Waals surface area contributed by atoms with Crippen molar-refractivity contribution in [1.82, 2.24) is 14.1 Å². The maximum Gasteiger partial charge on any atom is 0.354 e. The van der Waals surface area contributed by atoms with E-state index >= 15 is 0 Å². The molecule has 1 aromatic carbocycles. The molecule has 26 heavy (non-hydrogen) atoms. The fourth-order valence-electron chi connectivity index (χ4n) is 3.37. The Kier molecular flexibility index (Phi) is 3.58. The van der Waals surface area contributed by atoms with Crippen LogP contribution in [0, 0.1) is 6.92 Å². The number of hydrogen-bond donors (Lipinski definition) is 2. The summed E-state index contributed by atoms with van der Waals surface area (Å²) in [5.74, 6) is -1.19. The van der Waals surface area contributed by atoms with Crippen LogP contribution in [0.1, 0.15) is 23.0 Å². The lowest BCUT2D eigenvalue weighted by molar-refractivity contribution is 0.0686. The average molecular weight is 369 g/mol. The maximum atomic E-state index is 13.0. The van der Waals surface area contributed by atoms with E-state index in [9.17, 15) is 19.5 Å². The SMILES string of the molecule is CCn1c(C(=O)O)c(-n2c(=O)[nH]c3cscc3c2=O)c2cc(C)ccc21. The van der Waals surface area contributed by atoms with Crippen molar-refractivity contribution in [3.8, 4) is 5.69 Å². The van der Waals surface area contributed by atoms with Crippen molar-refractivity contribution in [2.24, 2.45) is 0 Å². The average Bonchev–Trinajstić information content (AvgIpc) is 3.17. The number of aromatic amines is 1. The molecule has 0 unspecified atom stereocenters. The number of nitrogens with zero attached hydrogens (tertiary/aromatic N) is 2. The van der Waals surface area contributed by atoms with E-state index in [1.165, 1.54) is 11.3 Å². The van der Waals surface area contributed by atoms with E-state index in [1.807, 2.05) is 26.0 Å². The van der Waals surface area contributed by atoms with Crippen molar-refractivity contribution >= 4 is 39.1 Å². The van der Waals surface area contributed by atoms with E-state index < -0.39 is 17.2 Å². The zero-order valence-electron chi connectivity index (χ0n) is 14.1. The number of thiophene rings is 1. The van der Waals surface area contributed by atoms with Crippen LogP contribution < -0.4 is 11.2 Å². The number of aromatic nitrogens is 3. The van der Waals surface area contributed by atoms with E-state index in [1.54, 1.807) is 21.4 Å². The minimum absolute atomic E-state index is 0.0738. The van der Waals surface area contributed by atoms with Crippen molar-refractivity contribution in [3.05, 3.63) is 61.1 Å². The zero-order valence-corrected chi connectivity index (χ0v) is 14.9. The van der Waals surface area contributed by atoms with Crippen molar-refractivity contribution in [3.63, 3.8) is 0 Å². The molecule has 132 valence electrons. The number of carboxylic acids is 1. The molecule has 4 aromatic rings. The Balaban J connectivity index is 2.27. The summed E-state index contributed by atoms with van der Waals surface area (Å²) in [7, 11) is 0. The molecule has 7 nitrogen and oxygen atoms in total. The summed E-state index contributed by atoms with van der Waals surface area (Å²) in [5, 5.41) is 14.1. The van der Waals surface area contributed by atoms with Crippen LogP contribution in [-0.4, -0.2) is 25.2 Å². The number of benzene rings is 1. The predicted molar refractivity (Wildman–Crippen MR) is 101 cm³/mol. The van der Waals surface area contributed by atoms with Gasteiger partial charge in [0.25, 0.3) is 5.56 Å². The highest BCUT2D eigenvalue weighted by Gasteiger charge is 2.26. The van der Waals surface area contributed by atoms with Gasteiger partial charge in [-0.15, -0.1) is 11.3 Å². The molecule has 0 bridgehead atoms. The number of fused-ring (bicyclic) bond motifs is 2. The number of hydrogen-bond acceptors (Lipinski definition) is 4. The number of aromatic carboxylic acids is 1. The second-order valence-electron chi connectivity index (χ2n) is 6.04. The summed E-state index contributed by atoms with van der Waals surface area (Å²) < 4.78 is 2.54. The lowest BCUT2D eigenvalue weighted by Gasteiger charge is -2.07. The summed E-state index contributed by atoms with van der Waals surface area (Å²) >= 11 is 1.30. The van der Waals surface area contributed by atoms with Gasteiger partial charge in [0, 0.05) is 22.7 Å². The lowest BCUT2D eigenvalue weighted by atomic mass is 10.1. The van der Waals surface area contributed by atoms with Crippen LogP contribution in [0.4, 0.5) is 0 Å². The van der Waals surface area contributed by atoms with E-state index in [4.69, 9.17) is 0 Å². The summed E-state index contributed by atoms with van der Waals surface area (Å²) in [6, 6.07) is 5.48. The summed E-state index contributed by atoms with van der Waals surface area (Å²) in [6.07, 6.45) is 0. The van der Waals surface area contributed by atoms with Crippen molar-refractivity contribution in [1.29, 1.82) is 0 Å². The number of carboxylic acid groups (broad SMARTS) is 1. The highest BCUT2D eigenvalue weighted by molar-refractivity contribution is 7.09. The van der Waals surface area contributed by atoms with Gasteiger partial charge in [0.1, 0.15) is 0 Å². The van der Waals surface area contributed by atoms with Crippen LogP contribution in [0.15, 0.2) is 38.5 Å². The Morgan fingerprint density at radius 1 is 1.23 bits per heavy atom. The first-order valence-corrected chi connectivity index (χ1v) is 8.96.